The number of benzene rings is 3. The minimum absolute atomic E-state index is 0.304. The zero-order valence-corrected chi connectivity index (χ0v) is 18.7. The third-order valence-electron chi connectivity index (χ3n) is 4.86. The second-order valence-corrected chi connectivity index (χ2v) is 8.56. The molecule has 0 unspecified atom stereocenters. The lowest BCUT2D eigenvalue weighted by Crippen LogP contribution is -2.27. The Hall–Kier alpha value is -3.28. The zero-order chi connectivity index (χ0) is 22.5. The normalized spacial score (nSPS) is 14.8. The number of para-hydroxylation sites is 1. The second-order valence-electron chi connectivity index (χ2n) is 7.13. The molecule has 4 nitrogen and oxygen atoms in total. The summed E-state index contributed by atoms with van der Waals surface area (Å²) in [7, 11) is 0. The summed E-state index contributed by atoms with van der Waals surface area (Å²) in [5.74, 6) is 0.425. The fourth-order valence-corrected chi connectivity index (χ4v) is 4.27. The van der Waals surface area contributed by atoms with Crippen molar-refractivity contribution in [2.75, 3.05) is 4.90 Å². The summed E-state index contributed by atoms with van der Waals surface area (Å²) in [6, 6.07) is 22.1. The quantitative estimate of drug-likeness (QED) is 0.284. The molecule has 0 aromatic heterocycles. The molecule has 6 heteroatoms. The van der Waals surface area contributed by atoms with Crippen LogP contribution in [-0.4, -0.2) is 11.1 Å². The molecule has 0 saturated carbocycles. The summed E-state index contributed by atoms with van der Waals surface area (Å²) < 4.78 is 6.01. The Morgan fingerprint density at radius 1 is 1.00 bits per heavy atom. The van der Waals surface area contributed by atoms with Crippen LogP contribution in [0.2, 0.25) is 5.02 Å². The summed E-state index contributed by atoms with van der Waals surface area (Å²) in [6.45, 7) is 4.24. The smallest absolute Gasteiger partial charge is 0.298 e. The van der Waals surface area contributed by atoms with Gasteiger partial charge in [-0.1, -0.05) is 54.1 Å². The van der Waals surface area contributed by atoms with Gasteiger partial charge in [0.1, 0.15) is 12.4 Å². The Morgan fingerprint density at radius 3 is 2.47 bits per heavy atom. The molecule has 0 N–H and O–H groups in total. The molecule has 32 heavy (non-hydrogen) atoms. The Kier molecular flexibility index (Phi) is 6.78. The van der Waals surface area contributed by atoms with Gasteiger partial charge in [-0.25, -0.2) is 4.90 Å². The van der Waals surface area contributed by atoms with Crippen molar-refractivity contribution in [3.8, 4) is 5.75 Å². The number of rotatable bonds is 7. The van der Waals surface area contributed by atoms with Crippen molar-refractivity contribution in [1.82, 2.24) is 0 Å². The van der Waals surface area contributed by atoms with Gasteiger partial charge in [0.25, 0.3) is 11.1 Å². The molecule has 1 saturated heterocycles. The average Bonchev–Trinajstić information content (AvgIpc) is 3.08. The van der Waals surface area contributed by atoms with E-state index in [1.54, 1.807) is 36.4 Å². The van der Waals surface area contributed by atoms with Crippen molar-refractivity contribution in [2.45, 2.75) is 13.0 Å². The van der Waals surface area contributed by atoms with Gasteiger partial charge in [-0.15, -0.1) is 6.58 Å². The first-order valence-electron chi connectivity index (χ1n) is 9.99. The number of imide groups is 1. The predicted molar refractivity (Wildman–Crippen MR) is 131 cm³/mol. The van der Waals surface area contributed by atoms with Crippen molar-refractivity contribution >= 4 is 46.3 Å². The number of halogens is 1. The Balaban J connectivity index is 1.55. The standard InChI is InChI=1S/C26H20ClNO3S/c1-2-6-20-15-19(11-14-23(20)31-17-18-9-12-21(27)13-10-18)16-24-25(29)28(26(30)32-24)22-7-4-3-5-8-22/h2-5,7-16H,1,6,17H2/b24-16-. The summed E-state index contributed by atoms with van der Waals surface area (Å²) in [6.07, 6.45) is 4.16. The van der Waals surface area contributed by atoms with Crippen molar-refractivity contribution in [1.29, 1.82) is 0 Å². The van der Waals surface area contributed by atoms with Gasteiger partial charge < -0.3 is 4.74 Å². The third kappa shape index (κ3) is 4.96. The average molecular weight is 462 g/mol. The van der Waals surface area contributed by atoms with Crippen LogP contribution in [0, 0.1) is 0 Å². The van der Waals surface area contributed by atoms with Gasteiger partial charge in [0, 0.05) is 5.02 Å². The number of ether oxygens (including phenoxy) is 1. The summed E-state index contributed by atoms with van der Waals surface area (Å²) in [5, 5.41) is 0.379. The van der Waals surface area contributed by atoms with Gasteiger partial charge in [0.05, 0.1) is 10.6 Å². The van der Waals surface area contributed by atoms with Crippen molar-refractivity contribution in [3.05, 3.63) is 112 Å². The number of anilines is 1. The van der Waals surface area contributed by atoms with Crippen molar-refractivity contribution in [2.24, 2.45) is 0 Å². The Morgan fingerprint density at radius 2 is 1.75 bits per heavy atom. The van der Waals surface area contributed by atoms with Crippen molar-refractivity contribution < 1.29 is 14.3 Å². The van der Waals surface area contributed by atoms with Crippen LogP contribution in [0.3, 0.4) is 0 Å². The van der Waals surface area contributed by atoms with E-state index in [1.807, 2.05) is 48.5 Å². The molecule has 1 aliphatic heterocycles. The fourth-order valence-electron chi connectivity index (χ4n) is 3.31. The molecule has 0 bridgehead atoms. The van der Waals surface area contributed by atoms with Crippen LogP contribution in [-0.2, 0) is 17.8 Å². The van der Waals surface area contributed by atoms with E-state index in [-0.39, 0.29) is 11.1 Å². The molecule has 3 aromatic carbocycles. The molecular weight excluding hydrogens is 442 g/mol. The molecule has 3 aromatic rings. The number of nitrogens with zero attached hydrogens (tertiary/aromatic N) is 1. The predicted octanol–water partition coefficient (Wildman–Crippen LogP) is 6.89. The molecule has 4 rings (SSSR count). The van der Waals surface area contributed by atoms with Crippen LogP contribution in [0.1, 0.15) is 16.7 Å². The summed E-state index contributed by atoms with van der Waals surface area (Å²) in [5.41, 5.74) is 3.35. The highest BCUT2D eigenvalue weighted by Gasteiger charge is 2.36. The van der Waals surface area contributed by atoms with Gasteiger partial charge in [-0.3, -0.25) is 9.59 Å². The lowest BCUT2D eigenvalue weighted by atomic mass is 10.1. The molecule has 1 heterocycles. The maximum absolute atomic E-state index is 12.8. The molecule has 0 radical (unpaired) electrons. The van der Waals surface area contributed by atoms with E-state index in [4.69, 9.17) is 16.3 Å². The highest BCUT2D eigenvalue weighted by molar-refractivity contribution is 8.19. The van der Waals surface area contributed by atoms with Crippen LogP contribution < -0.4 is 9.64 Å². The molecule has 160 valence electrons. The number of carbonyl (C=O) groups is 2. The molecule has 0 spiro atoms. The van der Waals surface area contributed by atoms with E-state index >= 15 is 0 Å². The topological polar surface area (TPSA) is 46.6 Å². The maximum atomic E-state index is 12.8. The fraction of sp³-hybridized carbons (Fsp3) is 0.0769. The summed E-state index contributed by atoms with van der Waals surface area (Å²) >= 11 is 6.88. The number of hydrogen-bond acceptors (Lipinski definition) is 4. The van der Waals surface area contributed by atoms with E-state index in [0.29, 0.717) is 28.6 Å². The van der Waals surface area contributed by atoms with E-state index < -0.39 is 0 Å². The highest BCUT2D eigenvalue weighted by Crippen LogP contribution is 2.36. The Labute approximate surface area is 196 Å². The van der Waals surface area contributed by atoms with Gasteiger partial charge in [0.15, 0.2) is 0 Å². The largest absolute Gasteiger partial charge is 0.489 e. The highest BCUT2D eigenvalue weighted by atomic mass is 35.5. The van der Waals surface area contributed by atoms with E-state index in [0.717, 1.165) is 34.2 Å². The van der Waals surface area contributed by atoms with E-state index in [2.05, 4.69) is 6.58 Å². The minimum atomic E-state index is -0.320. The van der Waals surface area contributed by atoms with Crippen LogP contribution in [0.4, 0.5) is 10.5 Å². The SMILES string of the molecule is C=CCc1cc(/C=C2\SC(=O)N(c3ccccc3)C2=O)ccc1OCc1ccc(Cl)cc1. The molecule has 1 fully saturated rings. The Bertz CT molecular complexity index is 1190. The summed E-state index contributed by atoms with van der Waals surface area (Å²) in [4.78, 5) is 26.9. The second kappa shape index (κ2) is 9.90. The first-order valence-corrected chi connectivity index (χ1v) is 11.2. The third-order valence-corrected chi connectivity index (χ3v) is 5.98. The van der Waals surface area contributed by atoms with Crippen molar-refractivity contribution in [3.63, 3.8) is 0 Å². The first-order chi connectivity index (χ1) is 15.5. The van der Waals surface area contributed by atoms with Gasteiger partial charge >= 0.3 is 0 Å². The van der Waals surface area contributed by atoms with Gasteiger partial charge in [0.2, 0.25) is 0 Å². The van der Waals surface area contributed by atoms with E-state index in [1.165, 1.54) is 4.90 Å². The van der Waals surface area contributed by atoms with Crippen LogP contribution in [0.15, 0.2) is 90.4 Å². The lowest BCUT2D eigenvalue weighted by molar-refractivity contribution is -0.113. The first kappa shape index (κ1) is 21.9. The molecule has 0 atom stereocenters. The minimum Gasteiger partial charge on any atom is -0.489 e. The molecule has 2 amide bonds. The number of hydrogen-bond donors (Lipinski definition) is 0. The van der Waals surface area contributed by atoms with Gasteiger partial charge in [-0.05, 0) is 77.3 Å². The van der Waals surface area contributed by atoms with Gasteiger partial charge in [-0.2, -0.15) is 0 Å². The van der Waals surface area contributed by atoms with Crippen LogP contribution in [0.25, 0.3) is 6.08 Å². The number of thioether (sulfide) groups is 1. The van der Waals surface area contributed by atoms with E-state index in [9.17, 15) is 9.59 Å². The molecule has 1 aliphatic rings. The zero-order valence-electron chi connectivity index (χ0n) is 17.2. The van der Waals surface area contributed by atoms with Crippen LogP contribution in [0.5, 0.6) is 5.75 Å². The monoisotopic (exact) mass is 461 g/mol. The number of carbonyl (C=O) groups excluding carboxylic acids is 2. The molecular formula is C26H20ClNO3S. The number of allylic oxidation sites excluding steroid dienone is 1. The maximum Gasteiger partial charge on any atom is 0.298 e. The number of amides is 2. The van der Waals surface area contributed by atoms with Crippen LogP contribution >= 0.6 is 23.4 Å². The molecule has 0 aliphatic carbocycles. The lowest BCUT2D eigenvalue weighted by Gasteiger charge is -2.12.